The Hall–Kier alpha value is -7.34. The van der Waals surface area contributed by atoms with Crippen molar-refractivity contribution in [3.63, 3.8) is 0 Å². The van der Waals surface area contributed by atoms with Crippen molar-refractivity contribution in [3.05, 3.63) is 206 Å². The largest absolute Gasteiger partial charge is 0.439 e. The van der Waals surface area contributed by atoms with Gasteiger partial charge in [-0.2, -0.15) is 0 Å². The van der Waals surface area contributed by atoms with Gasteiger partial charge in [0.25, 0.3) is 0 Å². The quantitative estimate of drug-likeness (QED) is 0.125. The van der Waals surface area contributed by atoms with Crippen LogP contribution in [0.3, 0.4) is 0 Å². The Bertz CT molecular complexity index is 3250. The molecule has 0 radical (unpaired) electrons. The van der Waals surface area contributed by atoms with Crippen molar-refractivity contribution in [3.8, 4) is 11.4 Å². The van der Waals surface area contributed by atoms with Gasteiger partial charge in [0.05, 0.1) is 21.8 Å². The van der Waals surface area contributed by atoms with Gasteiger partial charge in [0, 0.05) is 32.9 Å². The first-order valence-electron chi connectivity index (χ1n) is 19.4. The molecule has 0 unspecified atom stereocenters. The average Bonchev–Trinajstić information content (AvgIpc) is 4.01. The normalized spacial score (nSPS) is 12.2. The Labute approximate surface area is 329 Å². The number of aromatic nitrogens is 2. The lowest BCUT2D eigenvalue weighted by Crippen LogP contribution is -2.74. The monoisotopic (exact) mass is 746 g/mol. The van der Waals surface area contributed by atoms with Crippen molar-refractivity contribution < 1.29 is 8.83 Å². The number of rotatable bonds is 6. The Morgan fingerprint density at radius 1 is 0.316 bits per heavy atom. The fourth-order valence-electron chi connectivity index (χ4n) is 9.52. The second-order valence-electron chi connectivity index (χ2n) is 14.8. The molecule has 0 aliphatic heterocycles. The van der Waals surface area contributed by atoms with Crippen LogP contribution in [0.15, 0.2) is 215 Å². The van der Waals surface area contributed by atoms with Gasteiger partial charge in [0.2, 0.25) is 11.4 Å². The summed E-state index contributed by atoms with van der Waals surface area (Å²) in [6.07, 6.45) is 0. The lowest BCUT2D eigenvalue weighted by Gasteiger charge is -2.35. The fourth-order valence-corrected chi connectivity index (χ4v) is 14.3. The van der Waals surface area contributed by atoms with Crippen LogP contribution in [-0.2, 0) is 0 Å². The molecule has 0 bridgehead atoms. The lowest BCUT2D eigenvalue weighted by atomic mass is 10.1. The molecule has 4 nitrogen and oxygen atoms in total. The summed E-state index contributed by atoms with van der Waals surface area (Å²) >= 11 is 0. The molecule has 0 aliphatic rings. The number of benzene rings is 8. The fraction of sp³-hybridized carbons (Fsp3) is 0. The number of hydrogen-bond acceptors (Lipinski definition) is 2. The van der Waals surface area contributed by atoms with E-state index >= 15 is 0 Å². The highest BCUT2D eigenvalue weighted by molar-refractivity contribution is 7.20. The molecule has 4 aromatic heterocycles. The number of para-hydroxylation sites is 4. The Morgan fingerprint density at radius 2 is 0.684 bits per heavy atom. The third-order valence-electron chi connectivity index (χ3n) is 11.9. The van der Waals surface area contributed by atoms with E-state index in [-0.39, 0.29) is 0 Å². The summed E-state index contributed by atoms with van der Waals surface area (Å²) in [7, 11) is -3.01. The first kappa shape index (κ1) is 32.0. The van der Waals surface area contributed by atoms with Gasteiger partial charge >= 0.3 is 0 Å². The van der Waals surface area contributed by atoms with Gasteiger partial charge in [-0.05, 0) is 69.3 Å². The highest BCUT2D eigenvalue weighted by Gasteiger charge is 2.42. The predicted molar refractivity (Wildman–Crippen MR) is 238 cm³/mol. The van der Waals surface area contributed by atoms with Crippen molar-refractivity contribution in [2.45, 2.75) is 0 Å². The van der Waals surface area contributed by atoms with Crippen LogP contribution in [-0.4, -0.2) is 17.2 Å². The summed E-state index contributed by atoms with van der Waals surface area (Å²) < 4.78 is 18.0. The van der Waals surface area contributed by atoms with E-state index in [1.54, 1.807) is 0 Å². The van der Waals surface area contributed by atoms with E-state index in [2.05, 4.69) is 203 Å². The molecule has 0 N–H and O–H groups in total. The molecular formula is C52H34N2O2Si. The zero-order chi connectivity index (χ0) is 37.5. The van der Waals surface area contributed by atoms with Gasteiger partial charge in [-0.25, -0.2) is 0 Å². The smallest absolute Gasteiger partial charge is 0.213 e. The van der Waals surface area contributed by atoms with E-state index in [9.17, 15) is 0 Å². The molecule has 0 amide bonds. The van der Waals surface area contributed by atoms with Crippen LogP contribution in [0.5, 0.6) is 0 Å². The molecule has 8 aromatic carbocycles. The minimum atomic E-state index is -3.01. The lowest BCUT2D eigenvalue weighted by molar-refractivity contribution is 0.645. The molecule has 57 heavy (non-hydrogen) atoms. The molecule has 0 fully saturated rings. The number of nitrogens with zero attached hydrogens (tertiary/aromatic N) is 2. The van der Waals surface area contributed by atoms with Crippen LogP contribution in [0, 0.1) is 0 Å². The Morgan fingerprint density at radius 3 is 1.14 bits per heavy atom. The van der Waals surface area contributed by atoms with Crippen LogP contribution < -0.4 is 20.7 Å². The minimum absolute atomic E-state index is 0.859. The summed E-state index contributed by atoms with van der Waals surface area (Å²) in [6, 6.07) is 74.7. The van der Waals surface area contributed by atoms with Crippen LogP contribution in [0.25, 0.3) is 77.3 Å². The number of hydrogen-bond donors (Lipinski definition) is 0. The maximum atomic E-state index is 6.71. The van der Waals surface area contributed by atoms with Gasteiger partial charge in [-0.3, -0.25) is 9.13 Å². The topological polar surface area (TPSA) is 36.1 Å². The molecule has 0 saturated carbocycles. The van der Waals surface area contributed by atoms with E-state index < -0.39 is 8.07 Å². The Balaban J connectivity index is 1.16. The summed E-state index contributed by atoms with van der Waals surface area (Å²) in [5.74, 6) is 0. The van der Waals surface area contributed by atoms with E-state index in [4.69, 9.17) is 8.83 Å². The van der Waals surface area contributed by atoms with Gasteiger partial charge in [0.1, 0.15) is 11.2 Å². The van der Waals surface area contributed by atoms with Gasteiger partial charge in [-0.1, -0.05) is 158 Å². The second kappa shape index (κ2) is 12.3. The molecule has 12 aromatic rings. The van der Waals surface area contributed by atoms with Crippen molar-refractivity contribution in [1.82, 2.24) is 9.13 Å². The van der Waals surface area contributed by atoms with E-state index in [0.717, 1.165) is 66.5 Å². The molecule has 12 rings (SSSR count). The average molecular weight is 747 g/mol. The van der Waals surface area contributed by atoms with Crippen molar-refractivity contribution in [2.24, 2.45) is 0 Å². The Kier molecular flexibility index (Phi) is 6.91. The van der Waals surface area contributed by atoms with Crippen molar-refractivity contribution in [2.75, 3.05) is 0 Å². The van der Waals surface area contributed by atoms with Gasteiger partial charge < -0.3 is 8.83 Å². The van der Waals surface area contributed by atoms with E-state index in [1.165, 1.54) is 31.5 Å². The second-order valence-corrected chi connectivity index (χ2v) is 18.7. The zero-order valence-corrected chi connectivity index (χ0v) is 31.8. The van der Waals surface area contributed by atoms with Crippen LogP contribution >= 0.6 is 0 Å². The van der Waals surface area contributed by atoms with Crippen LogP contribution in [0.1, 0.15) is 0 Å². The molecule has 0 aliphatic carbocycles. The third kappa shape index (κ3) is 4.55. The van der Waals surface area contributed by atoms with Crippen LogP contribution in [0.2, 0.25) is 0 Å². The molecule has 0 spiro atoms. The highest BCUT2D eigenvalue weighted by atomic mass is 28.3. The first-order valence-corrected chi connectivity index (χ1v) is 21.4. The number of fused-ring (bicyclic) bond motifs is 10. The molecule has 5 heteroatoms. The molecule has 0 atom stereocenters. The van der Waals surface area contributed by atoms with Gasteiger partial charge in [0.15, 0.2) is 8.07 Å². The molecule has 268 valence electrons. The zero-order valence-electron chi connectivity index (χ0n) is 30.8. The third-order valence-corrected chi connectivity index (χ3v) is 16.6. The summed E-state index contributed by atoms with van der Waals surface area (Å²) in [4.78, 5) is 0. The molecule has 4 heterocycles. The molecular weight excluding hydrogens is 713 g/mol. The number of furan rings is 2. The molecule has 0 saturated heterocycles. The SMILES string of the molecule is c1ccc([Si](c2ccccc2)(c2cccc(-n3c4ccccc4c4c5ccccc5oc43)c2)c2cccc(-n3c4ccccc4c4c5ccccc5oc43)c2)cc1. The van der Waals surface area contributed by atoms with E-state index in [1.807, 2.05) is 12.1 Å². The standard InChI is InChI=1S/C52H34N2O2Si/c1-3-19-37(20-4-1)57(38-21-5-2-6-22-38,39-23-15-17-35(33-39)53-45-29-11-7-25-41(45)49-43-27-9-13-31-47(43)55-51(49)53)40-24-16-18-36(34-40)54-46-30-12-8-26-42(46)50-44-28-10-14-32-48(44)56-52(50)54/h1-34H. The predicted octanol–water partition coefficient (Wildman–Crippen LogP) is 10.8. The maximum absolute atomic E-state index is 6.71. The summed E-state index contributed by atoms with van der Waals surface area (Å²) in [5, 5.41) is 12.1. The van der Waals surface area contributed by atoms with E-state index in [0.29, 0.717) is 0 Å². The van der Waals surface area contributed by atoms with Crippen LogP contribution in [0.4, 0.5) is 0 Å². The summed E-state index contributed by atoms with van der Waals surface area (Å²) in [6.45, 7) is 0. The first-order chi connectivity index (χ1) is 28.3. The van der Waals surface area contributed by atoms with Crippen molar-refractivity contribution >= 4 is 94.8 Å². The highest BCUT2D eigenvalue weighted by Crippen LogP contribution is 2.40. The minimum Gasteiger partial charge on any atom is -0.439 e. The maximum Gasteiger partial charge on any atom is 0.213 e. The van der Waals surface area contributed by atoms with Crippen molar-refractivity contribution in [1.29, 1.82) is 0 Å². The van der Waals surface area contributed by atoms with Gasteiger partial charge in [-0.15, -0.1) is 0 Å². The summed E-state index contributed by atoms with van der Waals surface area (Å²) in [5.41, 5.74) is 7.88.